The Bertz CT molecular complexity index is 317. The lowest BCUT2D eigenvalue weighted by Crippen LogP contribution is -2.00. The first-order chi connectivity index (χ1) is 5.57. The summed E-state index contributed by atoms with van der Waals surface area (Å²) in [6, 6.07) is 0. The van der Waals surface area contributed by atoms with Crippen molar-refractivity contribution in [2.45, 2.75) is 20.3 Å². The Kier molecular flexibility index (Phi) is 2.17. The summed E-state index contributed by atoms with van der Waals surface area (Å²) in [7, 11) is 0. The second-order valence-electron chi connectivity index (χ2n) is 2.58. The van der Waals surface area contributed by atoms with E-state index in [1.54, 1.807) is 6.92 Å². The van der Waals surface area contributed by atoms with Crippen LogP contribution in [0.2, 0.25) is 0 Å². The van der Waals surface area contributed by atoms with Gasteiger partial charge in [0, 0.05) is 11.3 Å². The fraction of sp³-hybridized carbons (Fsp3) is 0.375. The number of carboxylic acids is 1. The number of hydrogen-bond donors (Lipinski definition) is 2. The summed E-state index contributed by atoms with van der Waals surface area (Å²) in [5.41, 5.74) is 0.497. The highest BCUT2D eigenvalue weighted by molar-refractivity contribution is 5.87. The second kappa shape index (κ2) is 2.97. The number of aromatic nitrogens is 1. The Balaban J connectivity index is 3.29. The van der Waals surface area contributed by atoms with Crippen molar-refractivity contribution in [2.75, 3.05) is 0 Å². The van der Waals surface area contributed by atoms with Gasteiger partial charge in [-0.1, -0.05) is 6.92 Å². The molecular weight excluding hydrogens is 161 g/mol. The predicted octanol–water partition coefficient (Wildman–Crippen LogP) is 1.72. The average molecular weight is 171 g/mol. The molecule has 1 rings (SSSR count). The molecule has 0 fully saturated rings. The molecule has 1 heterocycles. The first-order valence-corrected chi connectivity index (χ1v) is 3.68. The molecule has 2 N–H and O–H groups in total. The van der Waals surface area contributed by atoms with E-state index < -0.39 is 11.8 Å². The summed E-state index contributed by atoms with van der Waals surface area (Å²) >= 11 is 0. The number of hydrogen-bond acceptors (Lipinski definition) is 1. The Morgan fingerprint density at radius 3 is 2.58 bits per heavy atom. The number of aromatic carboxylic acids is 1. The highest BCUT2D eigenvalue weighted by atomic mass is 19.1. The molecule has 0 aliphatic heterocycles. The number of aromatic amines is 1. The lowest BCUT2D eigenvalue weighted by Gasteiger charge is -1.93. The fourth-order valence-electron chi connectivity index (χ4n) is 1.17. The summed E-state index contributed by atoms with van der Waals surface area (Å²) < 4.78 is 13.1. The van der Waals surface area contributed by atoms with E-state index in [0.29, 0.717) is 6.42 Å². The molecule has 0 radical (unpaired) electrons. The average Bonchev–Trinajstić information content (AvgIpc) is 2.29. The van der Waals surface area contributed by atoms with Crippen LogP contribution in [0.1, 0.15) is 28.7 Å². The standard InChI is InChI=1S/C8H10FNO2/c1-3-5-6(9)4(2)10-7(5)8(11)12/h10H,3H2,1-2H3,(H,11,12). The molecule has 66 valence electrons. The van der Waals surface area contributed by atoms with Crippen LogP contribution in [-0.2, 0) is 6.42 Å². The molecule has 4 heteroatoms. The van der Waals surface area contributed by atoms with Crippen LogP contribution in [0.25, 0.3) is 0 Å². The summed E-state index contributed by atoms with van der Waals surface area (Å²) in [5, 5.41) is 8.64. The second-order valence-corrected chi connectivity index (χ2v) is 2.58. The third-order valence-corrected chi connectivity index (χ3v) is 1.78. The monoisotopic (exact) mass is 171 g/mol. The molecule has 12 heavy (non-hydrogen) atoms. The molecule has 0 atom stereocenters. The molecule has 0 aliphatic carbocycles. The van der Waals surface area contributed by atoms with Gasteiger partial charge in [0.1, 0.15) is 11.5 Å². The van der Waals surface area contributed by atoms with E-state index in [4.69, 9.17) is 5.11 Å². The van der Waals surface area contributed by atoms with Crippen LogP contribution in [0.4, 0.5) is 4.39 Å². The number of nitrogens with one attached hydrogen (secondary N) is 1. The van der Waals surface area contributed by atoms with E-state index in [1.807, 2.05) is 0 Å². The van der Waals surface area contributed by atoms with E-state index in [-0.39, 0.29) is 17.0 Å². The molecule has 0 amide bonds. The molecule has 0 saturated heterocycles. The van der Waals surface area contributed by atoms with Crippen molar-refractivity contribution in [1.29, 1.82) is 0 Å². The van der Waals surface area contributed by atoms with Crippen molar-refractivity contribution in [1.82, 2.24) is 4.98 Å². The van der Waals surface area contributed by atoms with Gasteiger partial charge in [0.15, 0.2) is 0 Å². The molecular formula is C8H10FNO2. The van der Waals surface area contributed by atoms with E-state index in [0.717, 1.165) is 0 Å². The van der Waals surface area contributed by atoms with E-state index in [2.05, 4.69) is 4.98 Å². The first kappa shape index (κ1) is 8.77. The molecule has 0 bridgehead atoms. The maximum atomic E-state index is 13.1. The van der Waals surface area contributed by atoms with E-state index >= 15 is 0 Å². The predicted molar refractivity (Wildman–Crippen MR) is 41.8 cm³/mol. The fourth-order valence-corrected chi connectivity index (χ4v) is 1.17. The van der Waals surface area contributed by atoms with Crippen LogP contribution >= 0.6 is 0 Å². The normalized spacial score (nSPS) is 10.2. The number of halogens is 1. The SMILES string of the molecule is CCc1c(C(=O)O)[nH]c(C)c1F. The molecule has 1 aromatic rings. The van der Waals surface area contributed by atoms with Gasteiger partial charge in [-0.05, 0) is 13.3 Å². The number of rotatable bonds is 2. The van der Waals surface area contributed by atoms with E-state index in [1.165, 1.54) is 6.92 Å². The van der Waals surface area contributed by atoms with Gasteiger partial charge >= 0.3 is 5.97 Å². The van der Waals surface area contributed by atoms with Crippen molar-refractivity contribution < 1.29 is 14.3 Å². The van der Waals surface area contributed by atoms with Gasteiger partial charge in [0.25, 0.3) is 0 Å². The molecule has 1 aromatic heterocycles. The zero-order valence-electron chi connectivity index (χ0n) is 6.94. The van der Waals surface area contributed by atoms with Gasteiger partial charge in [-0.2, -0.15) is 0 Å². The number of carbonyl (C=O) groups is 1. The Labute approximate surface area is 69.2 Å². The highest BCUT2D eigenvalue weighted by Crippen LogP contribution is 2.17. The maximum Gasteiger partial charge on any atom is 0.352 e. The Morgan fingerprint density at radius 1 is 1.67 bits per heavy atom. The van der Waals surface area contributed by atoms with Crippen molar-refractivity contribution in [3.8, 4) is 0 Å². The largest absolute Gasteiger partial charge is 0.477 e. The summed E-state index contributed by atoms with van der Waals surface area (Å²) in [6.45, 7) is 3.24. The van der Waals surface area contributed by atoms with Crippen molar-refractivity contribution in [2.24, 2.45) is 0 Å². The minimum atomic E-state index is -1.11. The van der Waals surface area contributed by atoms with Crippen LogP contribution in [0.3, 0.4) is 0 Å². The van der Waals surface area contributed by atoms with Crippen LogP contribution < -0.4 is 0 Å². The lowest BCUT2D eigenvalue weighted by molar-refractivity contribution is 0.0689. The van der Waals surface area contributed by atoms with Gasteiger partial charge in [-0.15, -0.1) is 0 Å². The summed E-state index contributed by atoms with van der Waals surface area (Å²) in [6.07, 6.45) is 0.387. The molecule has 0 aromatic carbocycles. The maximum absolute atomic E-state index is 13.1. The quantitative estimate of drug-likeness (QED) is 0.711. The smallest absolute Gasteiger partial charge is 0.352 e. The minimum Gasteiger partial charge on any atom is -0.477 e. The topological polar surface area (TPSA) is 53.1 Å². The zero-order chi connectivity index (χ0) is 9.30. The third-order valence-electron chi connectivity index (χ3n) is 1.78. The lowest BCUT2D eigenvalue weighted by atomic mass is 10.2. The van der Waals surface area contributed by atoms with Gasteiger partial charge < -0.3 is 10.1 Å². The molecule has 3 nitrogen and oxygen atoms in total. The van der Waals surface area contributed by atoms with Gasteiger partial charge in [0.2, 0.25) is 0 Å². The van der Waals surface area contributed by atoms with Gasteiger partial charge in [-0.3, -0.25) is 0 Å². The van der Waals surface area contributed by atoms with Crippen molar-refractivity contribution >= 4 is 5.97 Å². The Morgan fingerprint density at radius 2 is 2.25 bits per heavy atom. The molecule has 0 spiro atoms. The van der Waals surface area contributed by atoms with E-state index in [9.17, 15) is 9.18 Å². The number of aryl methyl sites for hydroxylation is 1. The van der Waals surface area contributed by atoms with Crippen LogP contribution in [0.5, 0.6) is 0 Å². The molecule has 0 unspecified atom stereocenters. The number of carboxylic acid groups (broad SMARTS) is 1. The zero-order valence-corrected chi connectivity index (χ0v) is 6.94. The number of H-pyrrole nitrogens is 1. The molecule has 0 saturated carbocycles. The van der Waals surface area contributed by atoms with Crippen LogP contribution in [-0.4, -0.2) is 16.1 Å². The third kappa shape index (κ3) is 1.20. The van der Waals surface area contributed by atoms with Crippen LogP contribution in [0.15, 0.2) is 0 Å². The van der Waals surface area contributed by atoms with Crippen molar-refractivity contribution in [3.63, 3.8) is 0 Å². The van der Waals surface area contributed by atoms with Crippen LogP contribution in [0, 0.1) is 12.7 Å². The summed E-state index contributed by atoms with van der Waals surface area (Å²) in [5.74, 6) is -1.55. The minimum absolute atomic E-state index is 0.0347. The summed E-state index contributed by atoms with van der Waals surface area (Å²) in [4.78, 5) is 13.0. The molecule has 0 aliphatic rings. The van der Waals surface area contributed by atoms with Gasteiger partial charge in [0.05, 0.1) is 0 Å². The highest BCUT2D eigenvalue weighted by Gasteiger charge is 2.17. The Hall–Kier alpha value is -1.32. The van der Waals surface area contributed by atoms with Gasteiger partial charge in [-0.25, -0.2) is 9.18 Å². The van der Waals surface area contributed by atoms with Crippen molar-refractivity contribution in [3.05, 3.63) is 22.8 Å². The first-order valence-electron chi connectivity index (χ1n) is 3.68.